The Balaban J connectivity index is 2.24. The number of ether oxygens (including phenoxy) is 1. The average molecular weight is 304 g/mol. The second-order valence-electron chi connectivity index (χ2n) is 4.39. The van der Waals surface area contributed by atoms with E-state index in [4.69, 9.17) is 4.74 Å². The van der Waals surface area contributed by atoms with Gasteiger partial charge >= 0.3 is 0 Å². The third-order valence-corrected chi connectivity index (χ3v) is 4.04. The normalized spacial score (nSPS) is 12.0. The zero-order valence-electron chi connectivity index (χ0n) is 11.8. The Hall–Kier alpha value is -2.34. The van der Waals surface area contributed by atoms with Crippen molar-refractivity contribution in [3.05, 3.63) is 65.7 Å². The number of hydrogen-bond donors (Lipinski definition) is 1. The Morgan fingerprint density at radius 1 is 1.05 bits per heavy atom. The van der Waals surface area contributed by atoms with Crippen molar-refractivity contribution in [1.29, 1.82) is 0 Å². The monoisotopic (exact) mass is 304 g/mol. The largest absolute Gasteiger partial charge is 0.480 e. The highest BCUT2D eigenvalue weighted by Crippen LogP contribution is 2.10. The van der Waals surface area contributed by atoms with Crippen molar-refractivity contribution >= 4 is 15.9 Å². The molecule has 0 aromatic heterocycles. The van der Waals surface area contributed by atoms with Crippen LogP contribution in [0.5, 0.6) is 0 Å². The molecule has 2 rings (SSSR count). The second kappa shape index (κ2) is 6.41. The number of methoxy groups -OCH3 is 1. The zero-order valence-corrected chi connectivity index (χ0v) is 12.6. The molecule has 0 fully saturated rings. The summed E-state index contributed by atoms with van der Waals surface area (Å²) in [5.41, 5.74) is 1.67. The van der Waals surface area contributed by atoms with Gasteiger partial charge in [-0.25, -0.2) is 0 Å². The first-order valence-electron chi connectivity index (χ1n) is 6.28. The van der Waals surface area contributed by atoms with Crippen molar-refractivity contribution in [2.24, 2.45) is 5.10 Å². The summed E-state index contributed by atoms with van der Waals surface area (Å²) in [6.45, 7) is 1.89. The molecule has 0 saturated heterocycles. The molecular formula is C15H16N2O3S. The smallest absolute Gasteiger partial charge is 0.276 e. The van der Waals surface area contributed by atoms with E-state index in [1.54, 1.807) is 24.3 Å². The molecule has 2 aromatic carbocycles. The van der Waals surface area contributed by atoms with E-state index >= 15 is 0 Å². The summed E-state index contributed by atoms with van der Waals surface area (Å²) in [5, 5.41) is 3.84. The maximum absolute atomic E-state index is 12.1. The van der Waals surface area contributed by atoms with E-state index in [1.807, 2.05) is 25.1 Å². The van der Waals surface area contributed by atoms with E-state index in [-0.39, 0.29) is 10.8 Å². The lowest BCUT2D eigenvalue weighted by molar-refractivity contribution is 0.401. The van der Waals surface area contributed by atoms with Gasteiger partial charge in [0.2, 0.25) is 5.90 Å². The van der Waals surface area contributed by atoms with E-state index in [0.717, 1.165) is 5.56 Å². The van der Waals surface area contributed by atoms with Gasteiger partial charge in [0.25, 0.3) is 10.0 Å². The summed E-state index contributed by atoms with van der Waals surface area (Å²) < 4.78 is 29.4. The Bertz CT molecular complexity index is 723. The Kier molecular flexibility index (Phi) is 4.59. The third kappa shape index (κ3) is 3.82. The molecule has 0 amide bonds. The molecule has 2 aromatic rings. The van der Waals surface area contributed by atoms with E-state index in [2.05, 4.69) is 9.93 Å². The molecule has 0 aliphatic carbocycles. The van der Waals surface area contributed by atoms with Crippen LogP contribution in [0.25, 0.3) is 0 Å². The first kappa shape index (κ1) is 15.1. The average Bonchev–Trinajstić information content (AvgIpc) is 2.49. The van der Waals surface area contributed by atoms with Gasteiger partial charge < -0.3 is 4.74 Å². The molecule has 6 heteroatoms. The van der Waals surface area contributed by atoms with Crippen molar-refractivity contribution in [3.63, 3.8) is 0 Å². The Morgan fingerprint density at radius 2 is 1.67 bits per heavy atom. The van der Waals surface area contributed by atoms with Crippen LogP contribution in [0.3, 0.4) is 0 Å². The summed E-state index contributed by atoms with van der Waals surface area (Å²) in [4.78, 5) is 2.33. The maximum atomic E-state index is 12.1. The molecule has 0 spiro atoms. The van der Waals surface area contributed by atoms with Crippen LogP contribution >= 0.6 is 0 Å². The maximum Gasteiger partial charge on any atom is 0.276 e. The van der Waals surface area contributed by atoms with Crippen LogP contribution < -0.4 is 4.83 Å². The van der Waals surface area contributed by atoms with Crippen LogP contribution in [-0.2, 0) is 14.8 Å². The Morgan fingerprint density at radius 3 is 2.24 bits per heavy atom. The molecule has 0 unspecified atom stereocenters. The number of hydrazone groups is 1. The fourth-order valence-corrected chi connectivity index (χ4v) is 2.48. The van der Waals surface area contributed by atoms with Gasteiger partial charge in [-0.3, -0.25) is 0 Å². The van der Waals surface area contributed by atoms with Crippen molar-refractivity contribution in [1.82, 2.24) is 4.83 Å². The number of aryl methyl sites for hydroxylation is 1. The first-order chi connectivity index (χ1) is 10.0. The molecule has 5 nitrogen and oxygen atoms in total. The SMILES string of the molecule is CO/C(=N\NS(=O)(=O)c1ccc(C)cc1)c1ccccc1. The number of nitrogens with zero attached hydrogens (tertiary/aromatic N) is 1. The van der Waals surface area contributed by atoms with Crippen LogP contribution in [0.1, 0.15) is 11.1 Å². The highest BCUT2D eigenvalue weighted by molar-refractivity contribution is 7.89. The predicted octanol–water partition coefficient (Wildman–Crippen LogP) is 2.28. The van der Waals surface area contributed by atoms with Gasteiger partial charge in [0.1, 0.15) is 0 Å². The first-order valence-corrected chi connectivity index (χ1v) is 7.77. The van der Waals surface area contributed by atoms with Gasteiger partial charge in [-0.1, -0.05) is 35.9 Å². The highest BCUT2D eigenvalue weighted by Gasteiger charge is 2.13. The lowest BCUT2D eigenvalue weighted by atomic mass is 10.2. The Labute approximate surface area is 124 Å². The fourth-order valence-electron chi connectivity index (χ4n) is 1.68. The van der Waals surface area contributed by atoms with Crippen LogP contribution in [0.4, 0.5) is 0 Å². The minimum atomic E-state index is -3.71. The van der Waals surface area contributed by atoms with Crippen molar-refractivity contribution in [2.75, 3.05) is 7.11 Å². The summed E-state index contributed by atoms with van der Waals surface area (Å²) in [6.07, 6.45) is 0. The van der Waals surface area contributed by atoms with Gasteiger partial charge in [0.15, 0.2) is 0 Å². The number of sulfonamides is 1. The summed E-state index contributed by atoms with van der Waals surface area (Å²) in [7, 11) is -2.27. The van der Waals surface area contributed by atoms with Gasteiger partial charge in [0.05, 0.1) is 12.0 Å². The minimum Gasteiger partial charge on any atom is -0.480 e. The molecule has 1 N–H and O–H groups in total. The molecule has 0 saturated carbocycles. The minimum absolute atomic E-state index is 0.153. The molecule has 0 radical (unpaired) electrons. The van der Waals surface area contributed by atoms with Crippen LogP contribution in [-0.4, -0.2) is 21.4 Å². The fraction of sp³-hybridized carbons (Fsp3) is 0.133. The lowest BCUT2D eigenvalue weighted by Gasteiger charge is -2.07. The zero-order chi connectivity index (χ0) is 15.3. The van der Waals surface area contributed by atoms with Gasteiger partial charge in [-0.2, -0.15) is 13.2 Å². The molecule has 21 heavy (non-hydrogen) atoms. The number of nitrogens with one attached hydrogen (secondary N) is 1. The van der Waals surface area contributed by atoms with Crippen LogP contribution in [0.15, 0.2) is 64.6 Å². The summed E-state index contributed by atoms with van der Waals surface area (Å²) in [6, 6.07) is 15.6. The van der Waals surface area contributed by atoms with E-state index in [1.165, 1.54) is 19.2 Å². The molecule has 0 atom stereocenters. The van der Waals surface area contributed by atoms with Gasteiger partial charge in [-0.15, -0.1) is 5.10 Å². The molecule has 0 aliphatic rings. The van der Waals surface area contributed by atoms with Crippen LogP contribution in [0, 0.1) is 6.92 Å². The highest BCUT2D eigenvalue weighted by atomic mass is 32.2. The molecular weight excluding hydrogens is 288 g/mol. The number of rotatable bonds is 4. The molecule has 110 valence electrons. The molecule has 0 bridgehead atoms. The van der Waals surface area contributed by atoms with E-state index in [9.17, 15) is 8.42 Å². The van der Waals surface area contributed by atoms with Crippen molar-refractivity contribution < 1.29 is 13.2 Å². The van der Waals surface area contributed by atoms with E-state index in [0.29, 0.717) is 5.56 Å². The summed E-state index contributed by atoms with van der Waals surface area (Å²) >= 11 is 0. The van der Waals surface area contributed by atoms with E-state index < -0.39 is 10.0 Å². The summed E-state index contributed by atoms with van der Waals surface area (Å²) in [5.74, 6) is 0.200. The number of hydrogen-bond acceptors (Lipinski definition) is 4. The third-order valence-electron chi connectivity index (χ3n) is 2.81. The number of benzene rings is 2. The molecule has 0 aliphatic heterocycles. The predicted molar refractivity (Wildman–Crippen MR) is 81.5 cm³/mol. The second-order valence-corrected chi connectivity index (χ2v) is 6.06. The topological polar surface area (TPSA) is 67.8 Å². The van der Waals surface area contributed by atoms with Gasteiger partial charge in [0, 0.05) is 5.56 Å². The standard InChI is InChI=1S/C15H16N2O3S/c1-12-8-10-14(11-9-12)21(18,19)17-16-15(20-2)13-6-4-3-5-7-13/h3-11,17H,1-2H3/b16-15-. The lowest BCUT2D eigenvalue weighted by Crippen LogP contribution is -2.21. The van der Waals surface area contributed by atoms with Crippen molar-refractivity contribution in [2.45, 2.75) is 11.8 Å². The van der Waals surface area contributed by atoms with Crippen molar-refractivity contribution in [3.8, 4) is 0 Å². The van der Waals surface area contributed by atoms with Gasteiger partial charge in [-0.05, 0) is 31.2 Å². The molecule has 0 heterocycles. The van der Waals surface area contributed by atoms with Crippen LogP contribution in [0.2, 0.25) is 0 Å². The quantitative estimate of drug-likeness (QED) is 0.535.